The number of benzene rings is 1. The minimum Gasteiger partial charge on any atom is -0.256 e. The summed E-state index contributed by atoms with van der Waals surface area (Å²) < 4.78 is 27.0. The Morgan fingerprint density at radius 2 is 2.20 bits per heavy atom. The summed E-state index contributed by atoms with van der Waals surface area (Å²) in [5.41, 5.74) is 1.54. The number of hydrogen-bond acceptors (Lipinski definition) is 2. The predicted molar refractivity (Wildman–Crippen MR) is 60.5 cm³/mol. The lowest BCUT2D eigenvalue weighted by Gasteiger charge is -2.18. The summed E-state index contributed by atoms with van der Waals surface area (Å²) in [6.07, 6.45) is 0. The highest BCUT2D eigenvalue weighted by atomic mass is 35.5. The number of anilines is 1. The largest absolute Gasteiger partial charge is 0.301 e. The molecule has 4 nitrogen and oxygen atoms in total. The van der Waals surface area contributed by atoms with Crippen molar-refractivity contribution in [2.75, 3.05) is 17.4 Å². The van der Waals surface area contributed by atoms with Gasteiger partial charge in [-0.15, -0.1) is 0 Å². The van der Waals surface area contributed by atoms with Gasteiger partial charge >= 0.3 is 10.2 Å². The van der Waals surface area contributed by atoms with Crippen LogP contribution in [0.1, 0.15) is 5.56 Å². The summed E-state index contributed by atoms with van der Waals surface area (Å²) in [4.78, 5) is 0. The number of rotatable bonds is 1. The fraction of sp³-hybridized carbons (Fsp3) is 0.333. The molecule has 1 aliphatic heterocycles. The van der Waals surface area contributed by atoms with Gasteiger partial charge in [-0.05, 0) is 24.6 Å². The fourth-order valence-corrected chi connectivity index (χ4v) is 3.03. The Morgan fingerprint density at radius 3 is 2.80 bits per heavy atom. The van der Waals surface area contributed by atoms with Gasteiger partial charge in [0.1, 0.15) is 0 Å². The first-order valence-corrected chi connectivity index (χ1v) is 6.36. The first-order chi connectivity index (χ1) is 7.00. The van der Waals surface area contributed by atoms with Crippen LogP contribution in [-0.4, -0.2) is 21.5 Å². The van der Waals surface area contributed by atoms with Crippen molar-refractivity contribution in [1.82, 2.24) is 4.72 Å². The lowest BCUT2D eigenvalue weighted by Crippen LogP contribution is -2.29. The lowest BCUT2D eigenvalue weighted by molar-refractivity contribution is 0.591. The highest BCUT2D eigenvalue weighted by Crippen LogP contribution is 2.27. The molecule has 1 aromatic carbocycles. The Balaban J connectivity index is 2.50. The van der Waals surface area contributed by atoms with Crippen LogP contribution in [0.5, 0.6) is 0 Å². The molecule has 0 bridgehead atoms. The molecule has 1 aromatic rings. The molecule has 0 amide bonds. The van der Waals surface area contributed by atoms with E-state index in [0.29, 0.717) is 23.8 Å². The monoisotopic (exact) mass is 246 g/mol. The predicted octanol–water partition coefficient (Wildman–Crippen LogP) is 1.30. The highest BCUT2D eigenvalue weighted by Gasteiger charge is 2.28. The molecule has 15 heavy (non-hydrogen) atoms. The van der Waals surface area contributed by atoms with Crippen LogP contribution >= 0.6 is 11.6 Å². The third-order valence-corrected chi connectivity index (χ3v) is 4.09. The van der Waals surface area contributed by atoms with Crippen molar-refractivity contribution >= 4 is 27.5 Å². The second-order valence-corrected chi connectivity index (χ2v) is 5.52. The molecule has 0 atom stereocenters. The molecule has 1 N–H and O–H groups in total. The number of aryl methyl sites for hydroxylation is 1. The van der Waals surface area contributed by atoms with Crippen LogP contribution in [0.25, 0.3) is 0 Å². The van der Waals surface area contributed by atoms with E-state index in [4.69, 9.17) is 11.6 Å². The molecule has 0 aromatic heterocycles. The molecule has 1 heterocycles. The van der Waals surface area contributed by atoms with Gasteiger partial charge in [-0.25, -0.2) is 0 Å². The third kappa shape index (κ3) is 1.95. The number of nitrogens with zero attached hydrogens (tertiary/aromatic N) is 1. The van der Waals surface area contributed by atoms with Gasteiger partial charge in [-0.2, -0.15) is 13.1 Å². The van der Waals surface area contributed by atoms with E-state index in [1.54, 1.807) is 12.1 Å². The smallest absolute Gasteiger partial charge is 0.256 e. The number of halogens is 1. The fourth-order valence-electron chi connectivity index (χ4n) is 1.58. The van der Waals surface area contributed by atoms with Crippen molar-refractivity contribution in [2.45, 2.75) is 6.92 Å². The molecule has 0 unspecified atom stereocenters. The Morgan fingerprint density at radius 1 is 1.47 bits per heavy atom. The lowest BCUT2D eigenvalue weighted by atomic mass is 10.2. The van der Waals surface area contributed by atoms with Crippen LogP contribution in [0.3, 0.4) is 0 Å². The van der Waals surface area contributed by atoms with E-state index in [1.165, 1.54) is 4.31 Å². The Labute approximate surface area is 94.0 Å². The summed E-state index contributed by atoms with van der Waals surface area (Å²) in [5, 5.41) is 0.540. The average Bonchev–Trinajstić information content (AvgIpc) is 2.50. The van der Waals surface area contributed by atoms with E-state index >= 15 is 0 Å². The maximum atomic E-state index is 11.6. The van der Waals surface area contributed by atoms with E-state index in [2.05, 4.69) is 4.72 Å². The zero-order valence-electron chi connectivity index (χ0n) is 8.20. The van der Waals surface area contributed by atoms with Crippen molar-refractivity contribution in [3.05, 3.63) is 28.8 Å². The maximum absolute atomic E-state index is 11.6. The number of hydrogen-bond donors (Lipinski definition) is 1. The van der Waals surface area contributed by atoms with Gasteiger partial charge in [0, 0.05) is 18.1 Å². The van der Waals surface area contributed by atoms with E-state index in [-0.39, 0.29) is 0 Å². The molecule has 0 aliphatic carbocycles. The zero-order chi connectivity index (χ0) is 11.1. The third-order valence-electron chi connectivity index (χ3n) is 2.33. The molecular weight excluding hydrogens is 236 g/mol. The Bertz CT molecular complexity index is 487. The van der Waals surface area contributed by atoms with Crippen LogP contribution < -0.4 is 9.03 Å². The van der Waals surface area contributed by atoms with Gasteiger partial charge in [0.15, 0.2) is 0 Å². The minimum absolute atomic E-state index is 0.439. The average molecular weight is 247 g/mol. The van der Waals surface area contributed by atoms with Crippen molar-refractivity contribution in [1.29, 1.82) is 0 Å². The van der Waals surface area contributed by atoms with E-state index in [0.717, 1.165) is 5.56 Å². The van der Waals surface area contributed by atoms with Gasteiger partial charge in [-0.3, -0.25) is 4.31 Å². The van der Waals surface area contributed by atoms with E-state index < -0.39 is 10.2 Å². The van der Waals surface area contributed by atoms with Crippen LogP contribution in [0.2, 0.25) is 5.02 Å². The first kappa shape index (κ1) is 10.7. The highest BCUT2D eigenvalue weighted by molar-refractivity contribution is 7.91. The molecule has 1 aliphatic rings. The topological polar surface area (TPSA) is 49.4 Å². The molecule has 0 spiro atoms. The molecular formula is C9H11ClN2O2S. The zero-order valence-corrected chi connectivity index (χ0v) is 9.77. The van der Waals surface area contributed by atoms with E-state index in [9.17, 15) is 8.42 Å². The Hall–Kier alpha value is -0.780. The van der Waals surface area contributed by atoms with Crippen molar-refractivity contribution in [2.24, 2.45) is 0 Å². The quantitative estimate of drug-likeness (QED) is 0.812. The van der Waals surface area contributed by atoms with Crippen molar-refractivity contribution in [3.63, 3.8) is 0 Å². The second kappa shape index (κ2) is 3.66. The number of nitrogens with one attached hydrogen (secondary N) is 1. The molecule has 0 radical (unpaired) electrons. The van der Waals surface area contributed by atoms with Gasteiger partial charge < -0.3 is 0 Å². The first-order valence-electron chi connectivity index (χ1n) is 4.54. The molecule has 0 saturated carbocycles. The standard InChI is InChI=1S/C9H11ClN2O2S/c1-7-2-3-8(10)6-9(7)12-5-4-11-15(12,13)14/h2-3,6,11H,4-5H2,1H3. The van der Waals surface area contributed by atoms with Crippen LogP contribution in [-0.2, 0) is 10.2 Å². The Kier molecular flexibility index (Phi) is 2.62. The summed E-state index contributed by atoms with van der Waals surface area (Å²) in [6, 6.07) is 5.23. The van der Waals surface area contributed by atoms with Gasteiger partial charge in [0.25, 0.3) is 0 Å². The van der Waals surface area contributed by atoms with Gasteiger partial charge in [0.05, 0.1) is 5.69 Å². The molecule has 82 valence electrons. The normalized spacial score (nSPS) is 19.5. The van der Waals surface area contributed by atoms with Gasteiger partial charge in [-0.1, -0.05) is 17.7 Å². The van der Waals surface area contributed by atoms with Crippen LogP contribution in [0.4, 0.5) is 5.69 Å². The molecule has 6 heteroatoms. The SMILES string of the molecule is Cc1ccc(Cl)cc1N1CCNS1(=O)=O. The van der Waals surface area contributed by atoms with E-state index in [1.807, 2.05) is 13.0 Å². The van der Waals surface area contributed by atoms with Crippen LogP contribution in [0.15, 0.2) is 18.2 Å². The molecule has 1 fully saturated rings. The second-order valence-electron chi connectivity index (χ2n) is 3.40. The molecule has 2 rings (SSSR count). The molecule has 1 saturated heterocycles. The van der Waals surface area contributed by atoms with Crippen molar-refractivity contribution in [3.8, 4) is 0 Å². The van der Waals surface area contributed by atoms with Crippen molar-refractivity contribution < 1.29 is 8.42 Å². The van der Waals surface area contributed by atoms with Crippen LogP contribution in [0, 0.1) is 6.92 Å². The summed E-state index contributed by atoms with van der Waals surface area (Å²) >= 11 is 5.85. The van der Waals surface area contributed by atoms with Gasteiger partial charge in [0.2, 0.25) is 0 Å². The summed E-state index contributed by atoms with van der Waals surface area (Å²) in [6.45, 7) is 2.75. The summed E-state index contributed by atoms with van der Waals surface area (Å²) in [5.74, 6) is 0. The summed E-state index contributed by atoms with van der Waals surface area (Å²) in [7, 11) is -3.35. The minimum atomic E-state index is -3.35. The maximum Gasteiger partial charge on any atom is 0.301 e.